The average molecular weight is 653 g/mol. The molecule has 0 spiro atoms. The van der Waals surface area contributed by atoms with E-state index in [0.29, 0.717) is 65.5 Å². The van der Waals surface area contributed by atoms with Crippen LogP contribution in [-0.2, 0) is 4.79 Å². The van der Waals surface area contributed by atoms with Gasteiger partial charge in [0.25, 0.3) is 5.91 Å². The minimum absolute atomic E-state index is 0.124. The number of rotatable bonds is 6. The molecule has 5 heterocycles. The van der Waals surface area contributed by atoms with Crippen LogP contribution in [0.2, 0.25) is 5.02 Å². The van der Waals surface area contributed by atoms with Crippen molar-refractivity contribution >= 4 is 29.1 Å². The number of amides is 2. The van der Waals surface area contributed by atoms with Gasteiger partial charge in [0.2, 0.25) is 5.91 Å². The Morgan fingerprint density at radius 2 is 1.70 bits per heavy atom. The Morgan fingerprint density at radius 1 is 0.935 bits per heavy atom. The molecular formula is C35H46ClFN6O3. The first-order valence-electron chi connectivity index (χ1n) is 17.2. The summed E-state index contributed by atoms with van der Waals surface area (Å²) in [7, 11) is 0. The Labute approximate surface area is 276 Å². The van der Waals surface area contributed by atoms with Crippen molar-refractivity contribution in [3.8, 4) is 11.1 Å². The van der Waals surface area contributed by atoms with E-state index >= 15 is 0 Å². The molecule has 248 valence electrons. The van der Waals surface area contributed by atoms with Gasteiger partial charge in [-0.05, 0) is 119 Å². The fraction of sp³-hybridized carbons (Fsp3) is 0.600. The Hall–Kier alpha value is -2.76. The number of nitrogens with zero attached hydrogens (tertiary/aromatic N) is 4. The number of anilines is 1. The lowest BCUT2D eigenvalue weighted by Gasteiger charge is -2.45. The number of aliphatic hydroxyl groups excluding tert-OH is 1. The molecule has 11 heteroatoms. The number of carbonyl (C=O) groups is 2. The molecule has 2 aromatic carbocycles. The van der Waals surface area contributed by atoms with E-state index in [1.165, 1.54) is 6.07 Å². The van der Waals surface area contributed by atoms with Gasteiger partial charge in [-0.1, -0.05) is 17.7 Å². The van der Waals surface area contributed by atoms with Crippen molar-refractivity contribution in [2.24, 2.45) is 5.92 Å². The van der Waals surface area contributed by atoms with Gasteiger partial charge in [0.05, 0.1) is 23.3 Å². The minimum atomic E-state index is -0.982. The molecule has 3 atom stereocenters. The molecule has 2 amide bonds. The highest BCUT2D eigenvalue weighted by molar-refractivity contribution is 6.30. The van der Waals surface area contributed by atoms with Gasteiger partial charge in [-0.15, -0.1) is 0 Å². The molecule has 0 saturated carbocycles. The summed E-state index contributed by atoms with van der Waals surface area (Å²) in [6.45, 7) is 6.54. The van der Waals surface area contributed by atoms with E-state index in [9.17, 15) is 19.1 Å². The number of carbonyl (C=O) groups excluding carboxylic acids is 2. The topological polar surface area (TPSA) is 91.4 Å². The van der Waals surface area contributed by atoms with E-state index in [1.807, 2.05) is 21.9 Å². The molecule has 4 fully saturated rings. The van der Waals surface area contributed by atoms with Crippen LogP contribution in [0.1, 0.15) is 55.3 Å². The predicted octanol–water partition coefficient (Wildman–Crippen LogP) is 3.54. The van der Waals surface area contributed by atoms with Gasteiger partial charge in [-0.2, -0.15) is 0 Å². The van der Waals surface area contributed by atoms with Crippen molar-refractivity contribution in [2.45, 2.75) is 69.3 Å². The van der Waals surface area contributed by atoms with Crippen LogP contribution in [0.4, 0.5) is 10.1 Å². The molecule has 0 aliphatic carbocycles. The molecule has 7 rings (SSSR count). The molecule has 0 radical (unpaired) electrons. The van der Waals surface area contributed by atoms with Crippen LogP contribution >= 0.6 is 11.6 Å². The second-order valence-electron chi connectivity index (χ2n) is 13.7. The van der Waals surface area contributed by atoms with Crippen LogP contribution in [0.25, 0.3) is 11.1 Å². The Morgan fingerprint density at radius 3 is 2.46 bits per heavy atom. The van der Waals surface area contributed by atoms with Crippen LogP contribution < -0.4 is 15.5 Å². The highest BCUT2D eigenvalue weighted by Gasteiger charge is 2.46. The summed E-state index contributed by atoms with van der Waals surface area (Å²) in [5, 5.41) is 19.3. The van der Waals surface area contributed by atoms with E-state index in [2.05, 4.69) is 15.5 Å². The van der Waals surface area contributed by atoms with Gasteiger partial charge >= 0.3 is 0 Å². The van der Waals surface area contributed by atoms with Gasteiger partial charge in [0.1, 0.15) is 12.0 Å². The molecule has 1 unspecified atom stereocenters. The summed E-state index contributed by atoms with van der Waals surface area (Å²) in [6, 6.07) is 9.68. The third-order valence-electron chi connectivity index (χ3n) is 11.0. The Kier molecular flexibility index (Phi) is 9.52. The van der Waals surface area contributed by atoms with E-state index in [1.54, 1.807) is 23.1 Å². The lowest BCUT2D eigenvalue weighted by Crippen LogP contribution is -2.64. The second kappa shape index (κ2) is 13.8. The quantitative estimate of drug-likeness (QED) is 0.440. The fourth-order valence-corrected chi connectivity index (χ4v) is 8.62. The number of piperidine rings is 2. The molecule has 4 saturated heterocycles. The number of halogens is 2. The predicted molar refractivity (Wildman–Crippen MR) is 177 cm³/mol. The summed E-state index contributed by atoms with van der Waals surface area (Å²) < 4.78 is 15.0. The molecule has 0 bridgehead atoms. The third-order valence-corrected chi connectivity index (χ3v) is 11.3. The average Bonchev–Trinajstić information content (AvgIpc) is 3.56. The van der Waals surface area contributed by atoms with Crippen molar-refractivity contribution in [3.63, 3.8) is 0 Å². The van der Waals surface area contributed by atoms with Gasteiger partial charge in [0.15, 0.2) is 0 Å². The van der Waals surface area contributed by atoms with E-state index in [4.69, 9.17) is 11.6 Å². The molecule has 9 nitrogen and oxygen atoms in total. The second-order valence-corrected chi connectivity index (χ2v) is 14.1. The summed E-state index contributed by atoms with van der Waals surface area (Å²) in [6.07, 6.45) is 6.05. The maximum atomic E-state index is 15.0. The highest BCUT2D eigenvalue weighted by atomic mass is 35.5. The lowest BCUT2D eigenvalue weighted by molar-refractivity contribution is -0.140. The molecule has 46 heavy (non-hydrogen) atoms. The van der Waals surface area contributed by atoms with E-state index in [0.717, 1.165) is 77.7 Å². The molecule has 2 aromatic rings. The maximum Gasteiger partial charge on any atom is 0.256 e. The molecular weight excluding hydrogens is 607 g/mol. The fourth-order valence-electron chi connectivity index (χ4n) is 8.46. The molecule has 0 aromatic heterocycles. The zero-order valence-corrected chi connectivity index (χ0v) is 27.2. The lowest BCUT2D eigenvalue weighted by atomic mass is 9.94. The zero-order valence-electron chi connectivity index (χ0n) is 26.5. The largest absolute Gasteiger partial charge is 0.371 e. The highest BCUT2D eigenvalue weighted by Crippen LogP contribution is 2.37. The van der Waals surface area contributed by atoms with Gasteiger partial charge in [-0.25, -0.2) is 4.39 Å². The molecule has 5 aliphatic heterocycles. The maximum absolute atomic E-state index is 15.0. The normalized spacial score (nSPS) is 26.6. The summed E-state index contributed by atoms with van der Waals surface area (Å²) in [4.78, 5) is 36.5. The van der Waals surface area contributed by atoms with Gasteiger partial charge in [-0.3, -0.25) is 14.5 Å². The number of aliphatic hydroxyl groups is 1. The minimum Gasteiger partial charge on any atom is -0.371 e. The summed E-state index contributed by atoms with van der Waals surface area (Å²) in [5.41, 5.74) is 2.06. The summed E-state index contributed by atoms with van der Waals surface area (Å²) in [5.74, 6) is 0.0108. The number of piperazine rings is 1. The SMILES string of the molecule is O=C([C@@H]1CCCN1C1CCNCC1)N1CCN2C(=O)c3cc(-c4ccc(Cl)cc4F)ccc3N(CCC3CCNCC3)C(O)[C@H]2C1. The van der Waals surface area contributed by atoms with Crippen LogP contribution in [0.3, 0.4) is 0 Å². The number of hydrogen-bond donors (Lipinski definition) is 3. The van der Waals surface area contributed by atoms with Crippen LogP contribution in [0.15, 0.2) is 36.4 Å². The smallest absolute Gasteiger partial charge is 0.256 e. The van der Waals surface area contributed by atoms with Crippen LogP contribution in [-0.4, -0.2) is 115 Å². The molecule has 3 N–H and O–H groups in total. The van der Waals surface area contributed by atoms with Crippen molar-refractivity contribution in [3.05, 3.63) is 52.8 Å². The van der Waals surface area contributed by atoms with Gasteiger partial charge < -0.3 is 30.4 Å². The monoisotopic (exact) mass is 652 g/mol. The zero-order chi connectivity index (χ0) is 31.8. The van der Waals surface area contributed by atoms with E-state index in [-0.39, 0.29) is 17.9 Å². The number of benzene rings is 2. The number of fused-ring (bicyclic) bond motifs is 2. The van der Waals surface area contributed by atoms with Crippen molar-refractivity contribution in [1.82, 2.24) is 25.3 Å². The van der Waals surface area contributed by atoms with Gasteiger partial charge in [0, 0.05) is 42.8 Å². The summed E-state index contributed by atoms with van der Waals surface area (Å²) >= 11 is 6.03. The van der Waals surface area contributed by atoms with Crippen LogP contribution in [0, 0.1) is 11.7 Å². The van der Waals surface area contributed by atoms with Crippen molar-refractivity contribution in [1.29, 1.82) is 0 Å². The Balaban J connectivity index is 1.17. The number of likely N-dealkylation sites (tertiary alicyclic amines) is 1. The number of hydrogen-bond acceptors (Lipinski definition) is 7. The van der Waals surface area contributed by atoms with Crippen molar-refractivity contribution in [2.75, 3.05) is 63.8 Å². The van der Waals surface area contributed by atoms with E-state index < -0.39 is 18.1 Å². The molecule has 5 aliphatic rings. The third kappa shape index (κ3) is 6.27. The standard InChI is InChI=1S/C35H46ClFN6O3/c36-25-4-5-27(29(37)21-25)24-3-6-30-28(20-24)33(44)43-19-18-40(34(45)31-2-1-16-41(31)26-9-14-39-15-10-26)22-32(43)35(46)42(30)17-11-23-7-12-38-13-8-23/h3-6,20-21,23,26,31-32,35,38-39,46H,1-2,7-19,22H2/t31-,32+,35?/m0/s1. The first-order valence-corrected chi connectivity index (χ1v) is 17.6. The van der Waals surface area contributed by atoms with Crippen molar-refractivity contribution < 1.29 is 19.1 Å². The first kappa shape index (κ1) is 31.8. The first-order chi connectivity index (χ1) is 22.4. The number of nitrogens with one attached hydrogen (secondary N) is 2. The van der Waals surface area contributed by atoms with Crippen LogP contribution in [0.5, 0.6) is 0 Å². The Bertz CT molecular complexity index is 1430.